The molecule has 0 spiro atoms. The Morgan fingerprint density at radius 1 is 1.14 bits per heavy atom. The van der Waals surface area contributed by atoms with E-state index >= 15 is 0 Å². The largest absolute Gasteiger partial charge is 0.316 e. The zero-order valence-corrected chi connectivity index (χ0v) is 13.2. The van der Waals surface area contributed by atoms with Crippen LogP contribution >= 0.6 is 0 Å². The Morgan fingerprint density at radius 2 is 1.90 bits per heavy atom. The summed E-state index contributed by atoms with van der Waals surface area (Å²) in [7, 11) is 0. The Labute approximate surface area is 128 Å². The van der Waals surface area contributed by atoms with Gasteiger partial charge in [0, 0.05) is 12.6 Å². The number of hydrogen-bond donors (Lipinski definition) is 1. The molecule has 0 aromatic heterocycles. The Balaban J connectivity index is 1.42. The number of hydrogen-bond acceptors (Lipinski definition) is 2. The van der Waals surface area contributed by atoms with Crippen LogP contribution in [0.15, 0.2) is 24.3 Å². The van der Waals surface area contributed by atoms with Gasteiger partial charge in [-0.25, -0.2) is 0 Å². The predicted molar refractivity (Wildman–Crippen MR) is 87.5 cm³/mol. The van der Waals surface area contributed by atoms with Crippen LogP contribution in [0, 0.1) is 17.8 Å². The first-order valence-electron chi connectivity index (χ1n) is 8.88. The first-order chi connectivity index (χ1) is 10.4. The molecule has 0 radical (unpaired) electrons. The summed E-state index contributed by atoms with van der Waals surface area (Å²) >= 11 is 0. The van der Waals surface area contributed by atoms with Gasteiger partial charge in [-0.2, -0.15) is 0 Å². The van der Waals surface area contributed by atoms with Gasteiger partial charge in [-0.1, -0.05) is 31.2 Å². The van der Waals surface area contributed by atoms with Gasteiger partial charge in [0.15, 0.2) is 0 Å². The topological polar surface area (TPSA) is 15.3 Å². The number of fused-ring (bicyclic) bond motifs is 2. The second kappa shape index (κ2) is 5.73. The fraction of sp³-hybridized carbons (Fsp3) is 0.684. The summed E-state index contributed by atoms with van der Waals surface area (Å²) in [6.45, 7) is 7.54. The molecule has 1 saturated carbocycles. The van der Waals surface area contributed by atoms with E-state index in [0.717, 1.165) is 23.8 Å². The molecule has 2 aliphatic carbocycles. The van der Waals surface area contributed by atoms with Crippen molar-refractivity contribution in [3.05, 3.63) is 35.4 Å². The molecule has 1 aromatic rings. The predicted octanol–water partition coefficient (Wildman–Crippen LogP) is 2.72. The minimum atomic E-state index is 0.786. The number of piperidine rings is 1. The molecule has 1 heterocycles. The molecule has 3 aliphatic rings. The molecular weight excluding hydrogens is 256 g/mol. The van der Waals surface area contributed by atoms with Crippen LogP contribution in [-0.4, -0.2) is 37.1 Å². The van der Waals surface area contributed by atoms with E-state index in [1.165, 1.54) is 51.9 Å². The first kappa shape index (κ1) is 13.8. The summed E-state index contributed by atoms with van der Waals surface area (Å²) in [6, 6.07) is 9.87. The van der Waals surface area contributed by atoms with E-state index < -0.39 is 0 Å². The van der Waals surface area contributed by atoms with Crippen LogP contribution in [0.5, 0.6) is 0 Å². The van der Waals surface area contributed by atoms with Crippen molar-refractivity contribution in [1.29, 1.82) is 0 Å². The fourth-order valence-corrected chi connectivity index (χ4v) is 4.79. The molecular formula is C19H28N2. The lowest BCUT2D eigenvalue weighted by atomic mass is 9.87. The Morgan fingerprint density at radius 3 is 2.67 bits per heavy atom. The molecule has 2 nitrogen and oxygen atoms in total. The van der Waals surface area contributed by atoms with Crippen LogP contribution in [0.2, 0.25) is 0 Å². The average molecular weight is 284 g/mol. The van der Waals surface area contributed by atoms with Gasteiger partial charge in [0.1, 0.15) is 0 Å². The number of nitrogens with one attached hydrogen (secondary N) is 1. The fourth-order valence-electron chi connectivity index (χ4n) is 4.79. The maximum absolute atomic E-state index is 3.53. The second-order valence-corrected chi connectivity index (χ2v) is 7.31. The summed E-state index contributed by atoms with van der Waals surface area (Å²) in [4.78, 5) is 2.83. The zero-order chi connectivity index (χ0) is 14.2. The van der Waals surface area contributed by atoms with E-state index in [9.17, 15) is 0 Å². The Bertz CT molecular complexity index is 488. The summed E-state index contributed by atoms with van der Waals surface area (Å²) < 4.78 is 0. The highest BCUT2D eigenvalue weighted by molar-refractivity contribution is 5.30. The number of aryl methyl sites for hydroxylation is 1. The molecule has 1 aromatic carbocycles. The normalized spacial score (nSPS) is 33.8. The zero-order valence-electron chi connectivity index (χ0n) is 13.2. The van der Waals surface area contributed by atoms with Gasteiger partial charge < -0.3 is 5.32 Å². The van der Waals surface area contributed by atoms with Crippen LogP contribution in [0.1, 0.15) is 30.9 Å². The molecule has 0 bridgehead atoms. The highest BCUT2D eigenvalue weighted by atomic mass is 15.2. The lowest BCUT2D eigenvalue weighted by molar-refractivity contribution is 0.166. The molecule has 21 heavy (non-hydrogen) atoms. The van der Waals surface area contributed by atoms with Crippen molar-refractivity contribution in [3.63, 3.8) is 0 Å². The summed E-state index contributed by atoms with van der Waals surface area (Å²) in [5.74, 6) is 3.00. The molecule has 2 heteroatoms. The van der Waals surface area contributed by atoms with Crippen molar-refractivity contribution in [2.45, 2.75) is 38.6 Å². The van der Waals surface area contributed by atoms with Crippen LogP contribution < -0.4 is 5.32 Å². The van der Waals surface area contributed by atoms with E-state index in [0.29, 0.717) is 0 Å². The summed E-state index contributed by atoms with van der Waals surface area (Å²) in [5, 5.41) is 3.53. The van der Waals surface area contributed by atoms with E-state index in [1.807, 2.05) is 0 Å². The Kier molecular flexibility index (Phi) is 3.76. The Hall–Kier alpha value is -0.860. The van der Waals surface area contributed by atoms with Gasteiger partial charge in [-0.15, -0.1) is 0 Å². The lowest BCUT2D eigenvalue weighted by Crippen LogP contribution is -2.42. The van der Waals surface area contributed by atoms with Crippen LogP contribution in [0.3, 0.4) is 0 Å². The van der Waals surface area contributed by atoms with Crippen molar-refractivity contribution in [1.82, 2.24) is 10.2 Å². The van der Waals surface area contributed by atoms with Gasteiger partial charge >= 0.3 is 0 Å². The molecule has 2 unspecified atom stereocenters. The van der Waals surface area contributed by atoms with E-state index in [2.05, 4.69) is 41.4 Å². The number of nitrogens with zero attached hydrogens (tertiary/aromatic N) is 1. The molecule has 1 saturated heterocycles. The molecule has 1 N–H and O–H groups in total. The maximum atomic E-state index is 3.53. The van der Waals surface area contributed by atoms with E-state index in [-0.39, 0.29) is 0 Å². The minimum Gasteiger partial charge on any atom is -0.316 e. The van der Waals surface area contributed by atoms with Crippen molar-refractivity contribution in [2.24, 2.45) is 17.8 Å². The second-order valence-electron chi connectivity index (χ2n) is 7.31. The van der Waals surface area contributed by atoms with Gasteiger partial charge in [0.2, 0.25) is 0 Å². The van der Waals surface area contributed by atoms with Crippen molar-refractivity contribution < 1.29 is 0 Å². The monoisotopic (exact) mass is 284 g/mol. The summed E-state index contributed by atoms with van der Waals surface area (Å²) in [5.41, 5.74) is 3.20. The van der Waals surface area contributed by atoms with Crippen LogP contribution in [0.4, 0.5) is 0 Å². The smallest absolute Gasteiger partial charge is 0.0139 e. The first-order valence-corrected chi connectivity index (χ1v) is 8.88. The molecule has 0 amide bonds. The van der Waals surface area contributed by atoms with Gasteiger partial charge in [-0.3, -0.25) is 4.90 Å². The van der Waals surface area contributed by atoms with Crippen LogP contribution in [-0.2, 0) is 12.8 Å². The average Bonchev–Trinajstić information content (AvgIpc) is 2.95. The highest BCUT2D eigenvalue weighted by Gasteiger charge is 2.53. The highest BCUT2D eigenvalue weighted by Crippen LogP contribution is 2.49. The van der Waals surface area contributed by atoms with Gasteiger partial charge in [0.25, 0.3) is 0 Å². The van der Waals surface area contributed by atoms with Gasteiger partial charge in [-0.05, 0) is 74.2 Å². The lowest BCUT2D eigenvalue weighted by Gasteiger charge is -2.35. The molecule has 4 rings (SSSR count). The molecule has 114 valence electrons. The number of benzene rings is 1. The minimum absolute atomic E-state index is 0.786. The standard InChI is InChI=1S/C19H28N2/c1-2-9-21(13-19-17-11-20-12-18(17)19)16-8-7-14-5-3-4-6-15(14)10-16/h3-6,16-20H,2,7-13H2,1H3/t16?,17-,18+,19?. The third-order valence-corrected chi connectivity index (χ3v) is 6.06. The maximum Gasteiger partial charge on any atom is 0.0139 e. The molecule has 1 aliphatic heterocycles. The van der Waals surface area contributed by atoms with E-state index in [4.69, 9.17) is 0 Å². The SMILES string of the molecule is CCCN(CC1[C@H]2CNC[C@@H]12)C1CCc2ccccc2C1. The summed E-state index contributed by atoms with van der Waals surface area (Å²) in [6.07, 6.45) is 5.20. The van der Waals surface area contributed by atoms with Crippen LogP contribution in [0.25, 0.3) is 0 Å². The number of rotatable bonds is 5. The molecule has 2 fully saturated rings. The van der Waals surface area contributed by atoms with Gasteiger partial charge in [0.05, 0.1) is 0 Å². The van der Waals surface area contributed by atoms with Crippen molar-refractivity contribution in [3.8, 4) is 0 Å². The van der Waals surface area contributed by atoms with Crippen molar-refractivity contribution >= 4 is 0 Å². The third kappa shape index (κ3) is 2.64. The van der Waals surface area contributed by atoms with E-state index in [1.54, 1.807) is 11.1 Å². The molecule has 4 atom stereocenters. The van der Waals surface area contributed by atoms with Crippen molar-refractivity contribution in [2.75, 3.05) is 26.2 Å². The quantitative estimate of drug-likeness (QED) is 0.894. The third-order valence-electron chi connectivity index (χ3n) is 6.06.